The zero-order valence-corrected chi connectivity index (χ0v) is 14.3. The first kappa shape index (κ1) is 17.8. The number of benzene rings is 1. The van der Waals surface area contributed by atoms with Gasteiger partial charge in [0, 0.05) is 6.61 Å². The first-order valence-electron chi connectivity index (χ1n) is 7.30. The molecule has 1 N–H and O–H groups in total. The van der Waals surface area contributed by atoms with Crippen LogP contribution in [-0.2, 0) is 4.74 Å². The second-order valence-corrected chi connectivity index (χ2v) is 5.97. The molecule has 0 radical (unpaired) electrons. The van der Waals surface area contributed by atoms with Gasteiger partial charge < -0.3 is 10.1 Å². The van der Waals surface area contributed by atoms with Gasteiger partial charge in [-0.05, 0) is 50.9 Å². The summed E-state index contributed by atoms with van der Waals surface area (Å²) in [5, 5.41) is 4.75. The van der Waals surface area contributed by atoms with Crippen molar-refractivity contribution in [1.29, 1.82) is 0 Å². The Bertz CT molecular complexity index is 425. The zero-order valence-electron chi connectivity index (χ0n) is 12.8. The fourth-order valence-corrected chi connectivity index (χ4v) is 2.69. The van der Waals surface area contributed by atoms with E-state index >= 15 is 0 Å². The van der Waals surface area contributed by atoms with Crippen LogP contribution in [0.5, 0.6) is 0 Å². The van der Waals surface area contributed by atoms with Crippen molar-refractivity contribution in [2.75, 3.05) is 13.2 Å². The van der Waals surface area contributed by atoms with Crippen LogP contribution < -0.4 is 5.32 Å². The van der Waals surface area contributed by atoms with E-state index in [0.29, 0.717) is 16.7 Å². The van der Waals surface area contributed by atoms with Gasteiger partial charge in [-0.2, -0.15) is 0 Å². The topological polar surface area (TPSA) is 21.3 Å². The Balaban J connectivity index is 3.12. The first-order valence-corrected chi connectivity index (χ1v) is 8.06. The van der Waals surface area contributed by atoms with E-state index in [-0.39, 0.29) is 11.6 Å². The van der Waals surface area contributed by atoms with Crippen molar-refractivity contribution >= 4 is 23.2 Å². The molecule has 1 aromatic carbocycles. The summed E-state index contributed by atoms with van der Waals surface area (Å²) < 4.78 is 6.02. The predicted octanol–water partition coefficient (Wildman–Crippen LogP) is 5.24. The van der Waals surface area contributed by atoms with E-state index in [9.17, 15) is 0 Å². The van der Waals surface area contributed by atoms with Crippen LogP contribution in [0.3, 0.4) is 0 Å². The maximum atomic E-state index is 6.16. The van der Waals surface area contributed by atoms with Crippen molar-refractivity contribution < 1.29 is 4.74 Å². The van der Waals surface area contributed by atoms with Gasteiger partial charge in [-0.1, -0.05) is 43.1 Å². The van der Waals surface area contributed by atoms with E-state index in [1.165, 1.54) is 0 Å². The van der Waals surface area contributed by atoms with Crippen LogP contribution in [0, 0.1) is 0 Å². The van der Waals surface area contributed by atoms with Gasteiger partial charge in [-0.15, -0.1) is 0 Å². The third-order valence-corrected chi connectivity index (χ3v) is 4.40. The van der Waals surface area contributed by atoms with Crippen LogP contribution in [-0.4, -0.2) is 18.8 Å². The Hall–Kier alpha value is -0.280. The number of halogens is 2. The van der Waals surface area contributed by atoms with Gasteiger partial charge in [-0.3, -0.25) is 0 Å². The highest BCUT2D eigenvalue weighted by Crippen LogP contribution is 2.35. The van der Waals surface area contributed by atoms with E-state index in [0.717, 1.165) is 24.9 Å². The van der Waals surface area contributed by atoms with E-state index < -0.39 is 0 Å². The van der Waals surface area contributed by atoms with Crippen LogP contribution in [0.4, 0.5) is 0 Å². The quantitative estimate of drug-likeness (QED) is 0.708. The summed E-state index contributed by atoms with van der Waals surface area (Å²) in [6.07, 6.45) is 1.99. The lowest BCUT2D eigenvalue weighted by Crippen LogP contribution is -2.43. The summed E-state index contributed by atoms with van der Waals surface area (Å²) in [6.45, 7) is 10.1. The normalized spacial score (nSPS) is 15.9. The average Bonchev–Trinajstić information content (AvgIpc) is 2.43. The molecule has 0 amide bonds. The highest BCUT2D eigenvalue weighted by Gasteiger charge is 2.34. The minimum atomic E-state index is -0.263. The smallest absolute Gasteiger partial charge is 0.0845 e. The molecule has 0 aliphatic carbocycles. The van der Waals surface area contributed by atoms with Gasteiger partial charge in [0.1, 0.15) is 0 Å². The SMILES string of the molecule is CCCNC(c1ccc(Cl)c(Cl)c1)C(C)(CC)OCC. The highest BCUT2D eigenvalue weighted by molar-refractivity contribution is 6.42. The lowest BCUT2D eigenvalue weighted by Gasteiger charge is -2.38. The molecule has 0 spiro atoms. The summed E-state index contributed by atoms with van der Waals surface area (Å²) in [5.41, 5.74) is 0.854. The number of nitrogens with one attached hydrogen (secondary N) is 1. The number of ether oxygens (including phenoxy) is 1. The molecule has 4 heteroatoms. The lowest BCUT2D eigenvalue weighted by molar-refractivity contribution is -0.0562. The third kappa shape index (κ3) is 4.36. The van der Waals surface area contributed by atoms with E-state index in [2.05, 4.69) is 26.1 Å². The van der Waals surface area contributed by atoms with Gasteiger partial charge >= 0.3 is 0 Å². The minimum Gasteiger partial charge on any atom is -0.374 e. The summed E-state index contributed by atoms with van der Waals surface area (Å²) in [5.74, 6) is 0. The largest absolute Gasteiger partial charge is 0.374 e. The zero-order chi connectivity index (χ0) is 15.2. The predicted molar refractivity (Wildman–Crippen MR) is 87.8 cm³/mol. The van der Waals surface area contributed by atoms with Gasteiger partial charge in [0.15, 0.2) is 0 Å². The van der Waals surface area contributed by atoms with Crippen molar-refractivity contribution in [1.82, 2.24) is 5.32 Å². The molecule has 0 aliphatic heterocycles. The fraction of sp³-hybridized carbons (Fsp3) is 0.625. The molecule has 0 aliphatic rings. The van der Waals surface area contributed by atoms with E-state index in [4.69, 9.17) is 27.9 Å². The fourth-order valence-electron chi connectivity index (χ4n) is 2.39. The van der Waals surface area contributed by atoms with Crippen molar-refractivity contribution in [2.45, 2.75) is 52.2 Å². The monoisotopic (exact) mass is 317 g/mol. The van der Waals surface area contributed by atoms with E-state index in [1.807, 2.05) is 25.1 Å². The molecule has 0 heterocycles. The molecular weight excluding hydrogens is 293 g/mol. The van der Waals surface area contributed by atoms with Gasteiger partial charge in [0.2, 0.25) is 0 Å². The summed E-state index contributed by atoms with van der Waals surface area (Å²) in [6, 6.07) is 5.91. The average molecular weight is 318 g/mol. The molecule has 0 fully saturated rings. The maximum absolute atomic E-state index is 6.16. The number of hydrogen-bond acceptors (Lipinski definition) is 2. The van der Waals surface area contributed by atoms with Crippen LogP contribution in [0.2, 0.25) is 10.0 Å². The Morgan fingerprint density at radius 1 is 1.20 bits per heavy atom. The molecule has 2 nitrogen and oxygen atoms in total. The van der Waals surface area contributed by atoms with Crippen molar-refractivity contribution in [3.8, 4) is 0 Å². The molecule has 2 unspecified atom stereocenters. The van der Waals surface area contributed by atoms with E-state index in [1.54, 1.807) is 0 Å². The summed E-state index contributed by atoms with van der Waals surface area (Å²) in [7, 11) is 0. The molecule has 0 saturated carbocycles. The van der Waals surface area contributed by atoms with Crippen LogP contribution in [0.1, 0.15) is 52.1 Å². The lowest BCUT2D eigenvalue weighted by atomic mass is 9.87. The van der Waals surface area contributed by atoms with Gasteiger partial charge in [-0.25, -0.2) is 0 Å². The van der Waals surface area contributed by atoms with Crippen LogP contribution >= 0.6 is 23.2 Å². The molecule has 20 heavy (non-hydrogen) atoms. The summed E-state index contributed by atoms with van der Waals surface area (Å²) in [4.78, 5) is 0. The second kappa shape index (κ2) is 8.23. The van der Waals surface area contributed by atoms with Crippen molar-refractivity contribution in [3.05, 3.63) is 33.8 Å². The molecule has 2 atom stereocenters. The van der Waals surface area contributed by atoms with Gasteiger partial charge in [0.05, 0.1) is 21.7 Å². The molecule has 1 aromatic rings. The Labute approximate surface area is 132 Å². The molecule has 0 aromatic heterocycles. The number of rotatable bonds is 8. The second-order valence-electron chi connectivity index (χ2n) is 5.16. The summed E-state index contributed by atoms with van der Waals surface area (Å²) >= 11 is 12.2. The van der Waals surface area contributed by atoms with Crippen molar-refractivity contribution in [2.24, 2.45) is 0 Å². The molecule has 114 valence electrons. The standard InChI is InChI=1S/C16H25Cl2NO/c1-5-10-19-15(16(4,6-2)20-7-3)12-8-9-13(17)14(18)11-12/h8-9,11,15,19H,5-7,10H2,1-4H3. The minimum absolute atomic E-state index is 0.0992. The van der Waals surface area contributed by atoms with Gasteiger partial charge in [0.25, 0.3) is 0 Å². The molecule has 0 bridgehead atoms. The molecule has 0 saturated heterocycles. The third-order valence-electron chi connectivity index (χ3n) is 3.66. The molecular formula is C16H25Cl2NO. The Morgan fingerprint density at radius 3 is 2.40 bits per heavy atom. The van der Waals surface area contributed by atoms with Crippen molar-refractivity contribution in [3.63, 3.8) is 0 Å². The number of hydrogen-bond donors (Lipinski definition) is 1. The van der Waals surface area contributed by atoms with Crippen LogP contribution in [0.15, 0.2) is 18.2 Å². The highest BCUT2D eigenvalue weighted by atomic mass is 35.5. The van der Waals surface area contributed by atoms with Crippen LogP contribution in [0.25, 0.3) is 0 Å². The Morgan fingerprint density at radius 2 is 1.90 bits per heavy atom. The molecule has 1 rings (SSSR count). The Kier molecular flexibility index (Phi) is 7.32. The maximum Gasteiger partial charge on any atom is 0.0845 e. The first-order chi connectivity index (χ1) is 9.48.